The molecular weight excluding hydrogens is 381 g/mol. The average Bonchev–Trinajstić information content (AvgIpc) is 2.63. The van der Waals surface area contributed by atoms with Crippen LogP contribution in [0.4, 0.5) is 18.9 Å². The molecule has 1 aromatic carbocycles. The minimum Gasteiger partial charge on any atom is -0.406 e. The lowest BCUT2D eigenvalue weighted by molar-refractivity contribution is -0.274. The summed E-state index contributed by atoms with van der Waals surface area (Å²) >= 11 is 1.25. The summed E-state index contributed by atoms with van der Waals surface area (Å²) in [5, 5.41) is -0.809. The lowest BCUT2D eigenvalue weighted by Gasteiger charge is -2.22. The summed E-state index contributed by atoms with van der Waals surface area (Å²) in [5.41, 5.74) is 0.569. The second kappa shape index (κ2) is 7.51. The molecule has 1 heterocycles. The predicted octanol–water partition coefficient (Wildman–Crippen LogP) is 4.25. The van der Waals surface area contributed by atoms with Crippen LogP contribution in [-0.2, 0) is 0 Å². The Bertz CT molecular complexity index is 911. The van der Waals surface area contributed by atoms with Gasteiger partial charge in [-0.05, 0) is 42.2 Å². The molecule has 27 heavy (non-hydrogen) atoms. The number of nitrogens with zero attached hydrogens (tertiary/aromatic N) is 2. The Labute approximate surface area is 156 Å². The molecule has 0 spiro atoms. The molecule has 1 aromatic heterocycles. The number of alkyl halides is 3. The molecule has 0 fully saturated rings. The largest absolute Gasteiger partial charge is 0.573 e. The Kier molecular flexibility index (Phi) is 5.31. The number of pyridine rings is 1. The monoisotopic (exact) mass is 394 g/mol. The van der Waals surface area contributed by atoms with Crippen LogP contribution >= 0.6 is 11.8 Å². The Balaban J connectivity index is 1.98. The number of hydrogen-bond acceptors (Lipinski definition) is 6. The lowest BCUT2D eigenvalue weighted by Crippen LogP contribution is -2.40. The maximum absolute atomic E-state index is 12.8. The topological polar surface area (TPSA) is 68.6 Å². The van der Waals surface area contributed by atoms with Gasteiger partial charge in [-0.15, -0.1) is 24.9 Å². The van der Waals surface area contributed by atoms with E-state index in [9.17, 15) is 22.8 Å². The van der Waals surface area contributed by atoms with E-state index in [0.29, 0.717) is 5.75 Å². The number of carbonyl (C=O) groups excluding carboxylic acids is 2. The van der Waals surface area contributed by atoms with Gasteiger partial charge in [0.25, 0.3) is 0 Å². The molecule has 140 valence electrons. The number of fused-ring (bicyclic) bond motifs is 1. The molecule has 1 unspecified atom stereocenters. The van der Waals surface area contributed by atoms with E-state index in [4.69, 9.17) is 0 Å². The van der Waals surface area contributed by atoms with E-state index < -0.39 is 23.1 Å². The van der Waals surface area contributed by atoms with Crippen LogP contribution in [0.15, 0.2) is 47.6 Å². The third-order valence-electron chi connectivity index (χ3n) is 3.66. The number of Topliss-reactive ketones (excluding diaryl/α,β-unsaturated/α-hetero) is 2. The van der Waals surface area contributed by atoms with Gasteiger partial charge in [-0.1, -0.05) is 6.92 Å². The number of hydrogen-bond donors (Lipinski definition) is 0. The van der Waals surface area contributed by atoms with Gasteiger partial charge in [0, 0.05) is 6.20 Å². The Morgan fingerprint density at radius 2 is 1.89 bits per heavy atom. The van der Waals surface area contributed by atoms with Crippen molar-refractivity contribution in [2.24, 2.45) is 4.99 Å². The fraction of sp³-hybridized carbons (Fsp3) is 0.222. The van der Waals surface area contributed by atoms with Crippen molar-refractivity contribution in [3.05, 3.63) is 53.9 Å². The van der Waals surface area contributed by atoms with Crippen LogP contribution in [0.5, 0.6) is 5.75 Å². The fourth-order valence-electron chi connectivity index (χ4n) is 2.58. The van der Waals surface area contributed by atoms with Crippen molar-refractivity contribution in [3.8, 4) is 5.75 Å². The van der Waals surface area contributed by atoms with Crippen LogP contribution in [-0.4, -0.2) is 39.6 Å². The average molecular weight is 394 g/mol. The fourth-order valence-corrected chi connectivity index (χ4v) is 3.50. The molecule has 0 N–H and O–H groups in total. The van der Waals surface area contributed by atoms with Crippen molar-refractivity contribution in [2.75, 3.05) is 5.75 Å². The Morgan fingerprint density at radius 3 is 2.52 bits per heavy atom. The van der Waals surface area contributed by atoms with Gasteiger partial charge in [0.1, 0.15) is 22.4 Å². The van der Waals surface area contributed by atoms with Crippen molar-refractivity contribution >= 4 is 34.7 Å². The van der Waals surface area contributed by atoms with Gasteiger partial charge in [-0.25, -0.2) is 4.99 Å². The third-order valence-corrected chi connectivity index (χ3v) is 4.76. The minimum atomic E-state index is -4.79. The second-order valence-electron chi connectivity index (χ2n) is 5.47. The molecule has 1 atom stereocenters. The standard InChI is InChI=1S/C18H13F3N2O3S/c1-2-27-17-14(15(24)12-4-3-9-22-13(12)16(17)25)23-10-5-7-11(8-6-10)26-18(19,20)21/h3-9,17H,2H2,1H3. The highest BCUT2D eigenvalue weighted by molar-refractivity contribution is 8.01. The third kappa shape index (κ3) is 4.19. The molecule has 0 radical (unpaired) electrons. The first kappa shape index (κ1) is 19.1. The summed E-state index contributed by atoms with van der Waals surface area (Å²) in [7, 11) is 0. The van der Waals surface area contributed by atoms with E-state index in [1.165, 1.54) is 36.2 Å². The zero-order chi connectivity index (χ0) is 19.6. The molecule has 1 aliphatic rings. The van der Waals surface area contributed by atoms with Gasteiger partial charge >= 0.3 is 6.36 Å². The van der Waals surface area contributed by atoms with Gasteiger partial charge in [-0.2, -0.15) is 0 Å². The first-order valence-corrected chi connectivity index (χ1v) is 8.95. The van der Waals surface area contributed by atoms with Crippen molar-refractivity contribution in [1.29, 1.82) is 0 Å². The van der Waals surface area contributed by atoms with Crippen LogP contribution in [0.1, 0.15) is 27.8 Å². The first-order chi connectivity index (χ1) is 12.8. The highest BCUT2D eigenvalue weighted by Crippen LogP contribution is 2.30. The Morgan fingerprint density at radius 1 is 1.19 bits per heavy atom. The molecule has 0 saturated heterocycles. The number of halogens is 3. The summed E-state index contributed by atoms with van der Waals surface area (Å²) in [6, 6.07) is 7.83. The van der Waals surface area contributed by atoms with Gasteiger partial charge in [0.05, 0.1) is 11.3 Å². The summed E-state index contributed by atoms with van der Waals surface area (Å²) in [6.45, 7) is 1.84. The number of aliphatic imine (C=N–C) groups is 1. The highest BCUT2D eigenvalue weighted by atomic mass is 32.2. The van der Waals surface area contributed by atoms with Crippen LogP contribution in [0.25, 0.3) is 0 Å². The molecule has 3 rings (SSSR count). The summed E-state index contributed by atoms with van der Waals surface area (Å²) in [4.78, 5) is 33.8. The number of carbonyl (C=O) groups is 2. The molecule has 0 bridgehead atoms. The van der Waals surface area contributed by atoms with E-state index in [1.807, 2.05) is 6.92 Å². The molecule has 0 saturated carbocycles. The van der Waals surface area contributed by atoms with E-state index in [0.717, 1.165) is 12.1 Å². The molecule has 9 heteroatoms. The maximum Gasteiger partial charge on any atom is 0.573 e. The molecule has 0 amide bonds. The number of ketones is 2. The van der Waals surface area contributed by atoms with Gasteiger partial charge < -0.3 is 4.74 Å². The number of rotatable bonds is 4. The summed E-state index contributed by atoms with van der Waals surface area (Å²) in [6.07, 6.45) is -3.35. The van der Waals surface area contributed by atoms with Gasteiger partial charge in [0.2, 0.25) is 11.6 Å². The van der Waals surface area contributed by atoms with Crippen LogP contribution in [0.3, 0.4) is 0 Å². The maximum atomic E-state index is 12.8. The van der Waals surface area contributed by atoms with E-state index >= 15 is 0 Å². The molecule has 5 nitrogen and oxygen atoms in total. The lowest BCUT2D eigenvalue weighted by atomic mass is 9.91. The molecule has 1 aliphatic carbocycles. The van der Waals surface area contributed by atoms with Gasteiger partial charge in [-0.3, -0.25) is 14.6 Å². The SMILES string of the molecule is CCSC1C(=O)c2ncccc2C(=O)C1=Nc1ccc(OC(F)(F)F)cc1. The predicted molar refractivity (Wildman–Crippen MR) is 95.0 cm³/mol. The van der Waals surface area contributed by atoms with Crippen molar-refractivity contribution in [2.45, 2.75) is 18.5 Å². The van der Waals surface area contributed by atoms with Crippen LogP contribution in [0, 0.1) is 0 Å². The van der Waals surface area contributed by atoms with E-state index in [2.05, 4.69) is 14.7 Å². The zero-order valence-electron chi connectivity index (χ0n) is 14.0. The first-order valence-electron chi connectivity index (χ1n) is 7.90. The number of aromatic nitrogens is 1. The Hall–Kier alpha value is -2.68. The number of benzene rings is 1. The second-order valence-corrected chi connectivity index (χ2v) is 6.85. The molecule has 2 aromatic rings. The summed E-state index contributed by atoms with van der Waals surface area (Å²) in [5.74, 6) is -0.554. The number of thioether (sulfide) groups is 1. The van der Waals surface area contributed by atoms with Gasteiger partial charge in [0.15, 0.2) is 0 Å². The number of ether oxygens (including phenoxy) is 1. The van der Waals surface area contributed by atoms with E-state index in [-0.39, 0.29) is 28.4 Å². The zero-order valence-corrected chi connectivity index (χ0v) is 14.8. The van der Waals surface area contributed by atoms with Crippen molar-refractivity contribution in [1.82, 2.24) is 4.98 Å². The summed E-state index contributed by atoms with van der Waals surface area (Å²) < 4.78 is 40.5. The van der Waals surface area contributed by atoms with Crippen LogP contribution < -0.4 is 4.74 Å². The molecule has 0 aliphatic heterocycles. The minimum absolute atomic E-state index is 0.0387. The quantitative estimate of drug-likeness (QED) is 0.775. The van der Waals surface area contributed by atoms with Crippen molar-refractivity contribution in [3.63, 3.8) is 0 Å². The van der Waals surface area contributed by atoms with Crippen LogP contribution in [0.2, 0.25) is 0 Å². The van der Waals surface area contributed by atoms with E-state index in [1.54, 1.807) is 6.07 Å². The molecular formula is C18H13F3N2O3S. The van der Waals surface area contributed by atoms with Crippen molar-refractivity contribution < 1.29 is 27.5 Å². The smallest absolute Gasteiger partial charge is 0.406 e. The highest BCUT2D eigenvalue weighted by Gasteiger charge is 2.39. The normalized spacial score (nSPS) is 18.5.